The van der Waals surface area contributed by atoms with Crippen molar-refractivity contribution in [2.75, 3.05) is 33.4 Å². The molecule has 0 aromatic carbocycles. The Hall–Kier alpha value is -0.650. The van der Waals surface area contributed by atoms with E-state index in [0.717, 1.165) is 6.42 Å². The van der Waals surface area contributed by atoms with E-state index in [0.29, 0.717) is 13.1 Å². The molecule has 0 aromatic heterocycles. The van der Waals surface area contributed by atoms with Gasteiger partial charge in [-0.25, -0.2) is 0 Å². The number of aliphatic hydroxyl groups excluding tert-OH is 1. The second kappa shape index (κ2) is 7.73. The van der Waals surface area contributed by atoms with Crippen molar-refractivity contribution < 1.29 is 14.6 Å². The van der Waals surface area contributed by atoms with Crippen molar-refractivity contribution in [3.63, 3.8) is 0 Å². The third kappa shape index (κ3) is 4.04. The van der Waals surface area contributed by atoms with Gasteiger partial charge in [0.25, 0.3) is 5.91 Å². The summed E-state index contributed by atoms with van der Waals surface area (Å²) >= 11 is 0. The first-order valence-electron chi connectivity index (χ1n) is 4.83. The van der Waals surface area contributed by atoms with Crippen LogP contribution in [0.15, 0.2) is 0 Å². The SMILES string of the molecule is CCCN(CCO)C(=O)C(CN)OC. The van der Waals surface area contributed by atoms with E-state index in [-0.39, 0.29) is 19.1 Å². The number of hydrogen-bond donors (Lipinski definition) is 2. The molecule has 0 spiro atoms. The van der Waals surface area contributed by atoms with Gasteiger partial charge in [-0.05, 0) is 6.42 Å². The minimum Gasteiger partial charge on any atom is -0.395 e. The van der Waals surface area contributed by atoms with Gasteiger partial charge in [-0.2, -0.15) is 0 Å². The highest BCUT2D eigenvalue weighted by Crippen LogP contribution is 1.99. The molecule has 1 atom stereocenters. The second-order valence-electron chi connectivity index (χ2n) is 3.01. The molecule has 0 radical (unpaired) electrons. The van der Waals surface area contributed by atoms with E-state index in [4.69, 9.17) is 15.6 Å². The van der Waals surface area contributed by atoms with Crippen LogP contribution in [0.25, 0.3) is 0 Å². The molecule has 0 aliphatic heterocycles. The van der Waals surface area contributed by atoms with Gasteiger partial charge in [0.15, 0.2) is 0 Å². The van der Waals surface area contributed by atoms with Gasteiger partial charge in [-0.15, -0.1) is 0 Å². The number of rotatable bonds is 7. The molecular formula is C9H20N2O3. The molecule has 0 fully saturated rings. The maximum absolute atomic E-state index is 11.7. The molecule has 84 valence electrons. The lowest BCUT2D eigenvalue weighted by Crippen LogP contribution is -2.45. The Morgan fingerprint density at radius 2 is 2.21 bits per heavy atom. The van der Waals surface area contributed by atoms with E-state index < -0.39 is 6.10 Å². The van der Waals surface area contributed by atoms with E-state index in [9.17, 15) is 4.79 Å². The molecular weight excluding hydrogens is 184 g/mol. The van der Waals surface area contributed by atoms with Crippen LogP contribution in [0.5, 0.6) is 0 Å². The lowest BCUT2D eigenvalue weighted by Gasteiger charge is -2.24. The first-order chi connectivity index (χ1) is 6.71. The summed E-state index contributed by atoms with van der Waals surface area (Å²) in [4.78, 5) is 13.3. The molecule has 3 N–H and O–H groups in total. The van der Waals surface area contributed by atoms with Crippen LogP contribution in [0.1, 0.15) is 13.3 Å². The minimum absolute atomic E-state index is 0.0350. The molecule has 0 bridgehead atoms. The summed E-state index contributed by atoms with van der Waals surface area (Å²) < 4.78 is 4.94. The lowest BCUT2D eigenvalue weighted by atomic mass is 10.3. The number of hydrogen-bond acceptors (Lipinski definition) is 4. The van der Waals surface area contributed by atoms with Gasteiger partial charge in [0.1, 0.15) is 6.10 Å². The third-order valence-electron chi connectivity index (χ3n) is 1.95. The van der Waals surface area contributed by atoms with Gasteiger partial charge in [0, 0.05) is 26.7 Å². The molecule has 5 nitrogen and oxygen atoms in total. The normalized spacial score (nSPS) is 12.6. The van der Waals surface area contributed by atoms with Crippen molar-refractivity contribution in [3.05, 3.63) is 0 Å². The zero-order chi connectivity index (χ0) is 11.0. The van der Waals surface area contributed by atoms with Crippen LogP contribution < -0.4 is 5.73 Å². The summed E-state index contributed by atoms with van der Waals surface area (Å²) in [7, 11) is 1.46. The quantitative estimate of drug-likeness (QED) is 0.569. The molecule has 0 aromatic rings. The summed E-state index contributed by atoms with van der Waals surface area (Å²) in [6, 6.07) is 0. The highest BCUT2D eigenvalue weighted by atomic mass is 16.5. The van der Waals surface area contributed by atoms with Crippen molar-refractivity contribution in [3.8, 4) is 0 Å². The predicted molar refractivity (Wildman–Crippen MR) is 53.8 cm³/mol. The van der Waals surface area contributed by atoms with Crippen molar-refractivity contribution in [1.82, 2.24) is 4.90 Å². The maximum Gasteiger partial charge on any atom is 0.253 e. The lowest BCUT2D eigenvalue weighted by molar-refractivity contribution is -0.141. The van der Waals surface area contributed by atoms with Gasteiger partial charge >= 0.3 is 0 Å². The fourth-order valence-electron chi connectivity index (χ4n) is 1.22. The first-order valence-corrected chi connectivity index (χ1v) is 4.83. The minimum atomic E-state index is -0.590. The van der Waals surface area contributed by atoms with Crippen molar-refractivity contribution in [2.24, 2.45) is 5.73 Å². The van der Waals surface area contributed by atoms with Crippen molar-refractivity contribution in [1.29, 1.82) is 0 Å². The van der Waals surface area contributed by atoms with Crippen LogP contribution in [0.3, 0.4) is 0 Å². The van der Waals surface area contributed by atoms with Gasteiger partial charge in [0.2, 0.25) is 0 Å². The van der Waals surface area contributed by atoms with E-state index in [1.807, 2.05) is 6.92 Å². The van der Waals surface area contributed by atoms with Crippen molar-refractivity contribution in [2.45, 2.75) is 19.4 Å². The van der Waals surface area contributed by atoms with E-state index in [1.54, 1.807) is 4.90 Å². The fourth-order valence-corrected chi connectivity index (χ4v) is 1.22. The van der Waals surface area contributed by atoms with Gasteiger partial charge in [-0.1, -0.05) is 6.92 Å². The zero-order valence-corrected chi connectivity index (χ0v) is 8.90. The summed E-state index contributed by atoms with van der Waals surface area (Å²) in [6.45, 7) is 3.07. The van der Waals surface area contributed by atoms with Crippen LogP contribution in [-0.2, 0) is 9.53 Å². The number of nitrogens with zero attached hydrogens (tertiary/aromatic N) is 1. The zero-order valence-electron chi connectivity index (χ0n) is 8.90. The number of methoxy groups -OCH3 is 1. The predicted octanol–water partition coefficient (Wildman–Crippen LogP) is -0.809. The van der Waals surface area contributed by atoms with Gasteiger partial charge in [-0.3, -0.25) is 4.79 Å². The number of amides is 1. The summed E-state index contributed by atoms with van der Waals surface area (Å²) in [6.07, 6.45) is 0.264. The smallest absolute Gasteiger partial charge is 0.253 e. The van der Waals surface area contributed by atoms with Crippen LogP contribution in [0, 0.1) is 0 Å². The molecule has 1 amide bonds. The Balaban J connectivity index is 4.24. The van der Waals surface area contributed by atoms with E-state index in [1.165, 1.54) is 7.11 Å². The Morgan fingerprint density at radius 3 is 2.57 bits per heavy atom. The van der Waals surface area contributed by atoms with E-state index in [2.05, 4.69) is 0 Å². The maximum atomic E-state index is 11.7. The summed E-state index contributed by atoms with van der Waals surface area (Å²) in [5, 5.41) is 8.77. The van der Waals surface area contributed by atoms with Crippen LogP contribution in [0.4, 0.5) is 0 Å². The van der Waals surface area contributed by atoms with Crippen LogP contribution in [0.2, 0.25) is 0 Å². The van der Waals surface area contributed by atoms with Gasteiger partial charge < -0.3 is 20.5 Å². The van der Waals surface area contributed by atoms with Crippen molar-refractivity contribution >= 4 is 5.91 Å². The molecule has 0 saturated carbocycles. The average molecular weight is 204 g/mol. The molecule has 5 heteroatoms. The molecule has 0 heterocycles. The summed E-state index contributed by atoms with van der Waals surface area (Å²) in [5.74, 6) is -0.147. The second-order valence-corrected chi connectivity index (χ2v) is 3.01. The molecule has 0 aliphatic carbocycles. The van der Waals surface area contributed by atoms with Gasteiger partial charge in [0.05, 0.1) is 6.61 Å². The highest BCUT2D eigenvalue weighted by molar-refractivity contribution is 5.81. The summed E-state index contributed by atoms with van der Waals surface area (Å²) in [5.41, 5.74) is 5.38. The number of carbonyl (C=O) groups excluding carboxylic acids is 1. The molecule has 0 rings (SSSR count). The number of nitrogens with two attached hydrogens (primary N) is 1. The fraction of sp³-hybridized carbons (Fsp3) is 0.889. The van der Waals surface area contributed by atoms with Crippen LogP contribution >= 0.6 is 0 Å². The molecule has 0 aliphatic rings. The first kappa shape index (κ1) is 13.4. The highest BCUT2D eigenvalue weighted by Gasteiger charge is 2.21. The third-order valence-corrected chi connectivity index (χ3v) is 1.95. The largest absolute Gasteiger partial charge is 0.395 e. The Morgan fingerprint density at radius 1 is 1.57 bits per heavy atom. The molecule has 0 saturated heterocycles. The molecule has 14 heavy (non-hydrogen) atoms. The standard InChI is InChI=1S/C9H20N2O3/c1-3-4-11(5-6-12)9(13)8(7-10)14-2/h8,12H,3-7,10H2,1-2H3. The Kier molecular flexibility index (Phi) is 7.37. The Bertz CT molecular complexity index is 154. The monoisotopic (exact) mass is 204 g/mol. The average Bonchev–Trinajstić information content (AvgIpc) is 2.19. The molecule has 1 unspecified atom stereocenters. The van der Waals surface area contributed by atoms with E-state index >= 15 is 0 Å². The van der Waals surface area contributed by atoms with Crippen LogP contribution in [-0.4, -0.2) is 55.4 Å². The number of carbonyl (C=O) groups is 1. The Labute approximate surface area is 84.8 Å². The topological polar surface area (TPSA) is 75.8 Å². The number of aliphatic hydroxyl groups is 1. The number of ether oxygens (including phenoxy) is 1.